The van der Waals surface area contributed by atoms with Crippen LogP contribution in [0.5, 0.6) is 0 Å². The Morgan fingerprint density at radius 1 is 1.46 bits per heavy atom. The minimum Gasteiger partial charge on any atom is -0.396 e. The van der Waals surface area contributed by atoms with Gasteiger partial charge in [0, 0.05) is 25.3 Å². The molecule has 0 fully saturated rings. The van der Waals surface area contributed by atoms with Gasteiger partial charge in [0.1, 0.15) is 5.82 Å². The van der Waals surface area contributed by atoms with Crippen molar-refractivity contribution in [3.63, 3.8) is 0 Å². The van der Waals surface area contributed by atoms with E-state index in [1.165, 1.54) is 18.5 Å². The highest BCUT2D eigenvalue weighted by molar-refractivity contribution is 5.18. The second-order valence-corrected chi connectivity index (χ2v) is 3.63. The molecule has 0 amide bonds. The summed E-state index contributed by atoms with van der Waals surface area (Å²) < 4.78 is 2.30. The highest BCUT2D eigenvalue weighted by atomic mass is 16.3. The van der Waals surface area contributed by atoms with Crippen LogP contribution in [0.2, 0.25) is 0 Å². The molecule has 3 heteroatoms. The molecule has 1 aliphatic heterocycles. The fourth-order valence-corrected chi connectivity index (χ4v) is 2.12. The van der Waals surface area contributed by atoms with Gasteiger partial charge in [-0.2, -0.15) is 0 Å². The topological polar surface area (TPSA) is 38.1 Å². The number of aliphatic hydroxyl groups is 1. The van der Waals surface area contributed by atoms with Gasteiger partial charge in [0.2, 0.25) is 0 Å². The van der Waals surface area contributed by atoms with Crippen LogP contribution in [0, 0.1) is 6.92 Å². The van der Waals surface area contributed by atoms with E-state index in [1.54, 1.807) is 0 Å². The molecule has 1 aromatic heterocycles. The molecule has 2 rings (SSSR count). The molecule has 0 saturated heterocycles. The fraction of sp³-hybridized carbons (Fsp3) is 0.700. The van der Waals surface area contributed by atoms with Crippen LogP contribution < -0.4 is 0 Å². The third kappa shape index (κ3) is 1.48. The van der Waals surface area contributed by atoms with Gasteiger partial charge in [-0.15, -0.1) is 0 Å². The molecule has 0 aromatic carbocycles. The zero-order valence-electron chi connectivity index (χ0n) is 8.08. The van der Waals surface area contributed by atoms with Gasteiger partial charge in [0.15, 0.2) is 0 Å². The monoisotopic (exact) mass is 180 g/mol. The zero-order valence-corrected chi connectivity index (χ0v) is 8.08. The van der Waals surface area contributed by atoms with E-state index in [-0.39, 0.29) is 6.61 Å². The quantitative estimate of drug-likeness (QED) is 0.739. The maximum absolute atomic E-state index is 8.88. The van der Waals surface area contributed by atoms with Gasteiger partial charge < -0.3 is 9.67 Å². The molecular formula is C10H16N2O. The highest BCUT2D eigenvalue weighted by Gasteiger charge is 2.16. The van der Waals surface area contributed by atoms with E-state index in [4.69, 9.17) is 5.11 Å². The second-order valence-electron chi connectivity index (χ2n) is 3.63. The van der Waals surface area contributed by atoms with Crippen LogP contribution in [-0.2, 0) is 19.4 Å². The summed E-state index contributed by atoms with van der Waals surface area (Å²) in [6.45, 7) is 3.37. The lowest BCUT2D eigenvalue weighted by molar-refractivity contribution is 0.297. The number of fused-ring (bicyclic) bond motifs is 1. The molecule has 0 radical (unpaired) electrons. The number of imidazole rings is 1. The summed E-state index contributed by atoms with van der Waals surface area (Å²) in [6, 6.07) is 0. The van der Waals surface area contributed by atoms with Crippen molar-refractivity contribution >= 4 is 0 Å². The Morgan fingerprint density at radius 3 is 3.08 bits per heavy atom. The van der Waals surface area contributed by atoms with Crippen molar-refractivity contribution in [3.05, 3.63) is 17.2 Å². The van der Waals surface area contributed by atoms with Gasteiger partial charge in [0.25, 0.3) is 0 Å². The Bertz CT molecular complexity index is 304. The molecule has 0 aliphatic carbocycles. The molecule has 0 unspecified atom stereocenters. The fourth-order valence-electron chi connectivity index (χ4n) is 2.12. The molecular weight excluding hydrogens is 164 g/mol. The number of hydrogen-bond donors (Lipinski definition) is 1. The molecule has 1 N–H and O–H groups in total. The van der Waals surface area contributed by atoms with Crippen LogP contribution in [0.1, 0.15) is 30.1 Å². The predicted molar refractivity (Wildman–Crippen MR) is 50.7 cm³/mol. The van der Waals surface area contributed by atoms with E-state index in [0.29, 0.717) is 6.42 Å². The van der Waals surface area contributed by atoms with Crippen molar-refractivity contribution in [2.45, 2.75) is 39.2 Å². The summed E-state index contributed by atoms with van der Waals surface area (Å²) >= 11 is 0. The van der Waals surface area contributed by atoms with Gasteiger partial charge in [-0.1, -0.05) is 0 Å². The van der Waals surface area contributed by atoms with Crippen LogP contribution in [-0.4, -0.2) is 21.3 Å². The molecule has 2 heterocycles. The van der Waals surface area contributed by atoms with E-state index in [2.05, 4.69) is 16.5 Å². The molecule has 72 valence electrons. The number of aryl methyl sites for hydroxylation is 1. The highest BCUT2D eigenvalue weighted by Crippen LogP contribution is 2.20. The average molecular weight is 180 g/mol. The van der Waals surface area contributed by atoms with Crippen LogP contribution in [0.3, 0.4) is 0 Å². The van der Waals surface area contributed by atoms with Gasteiger partial charge in [-0.25, -0.2) is 4.98 Å². The van der Waals surface area contributed by atoms with E-state index >= 15 is 0 Å². The maximum Gasteiger partial charge on any atom is 0.106 e. The van der Waals surface area contributed by atoms with E-state index in [1.807, 2.05) is 0 Å². The van der Waals surface area contributed by atoms with Crippen LogP contribution in [0.15, 0.2) is 0 Å². The number of aliphatic hydroxyl groups excluding tert-OH is 1. The normalized spacial score (nSPS) is 15.8. The second kappa shape index (κ2) is 3.50. The number of nitrogens with zero attached hydrogens (tertiary/aromatic N) is 2. The predicted octanol–water partition coefficient (Wildman–Crippen LogP) is 1.06. The van der Waals surface area contributed by atoms with Gasteiger partial charge >= 0.3 is 0 Å². The lowest BCUT2D eigenvalue weighted by Gasteiger charge is -2.16. The van der Waals surface area contributed by atoms with Crippen LogP contribution in [0.25, 0.3) is 0 Å². The van der Waals surface area contributed by atoms with Crippen molar-refractivity contribution < 1.29 is 5.11 Å². The number of aromatic nitrogens is 2. The molecule has 0 spiro atoms. The standard InChI is InChI=1S/C10H16N2O/c1-8-11-9(5-7-13)10-4-2-3-6-12(8)10/h13H,2-7H2,1H3. The number of hydrogen-bond acceptors (Lipinski definition) is 2. The van der Waals surface area contributed by atoms with Crippen molar-refractivity contribution in [1.82, 2.24) is 9.55 Å². The SMILES string of the molecule is Cc1nc(CCO)c2n1CCCC2. The van der Waals surface area contributed by atoms with Crippen molar-refractivity contribution in [1.29, 1.82) is 0 Å². The largest absolute Gasteiger partial charge is 0.396 e. The lowest BCUT2D eigenvalue weighted by atomic mass is 10.1. The molecule has 13 heavy (non-hydrogen) atoms. The first-order valence-corrected chi connectivity index (χ1v) is 4.98. The molecule has 3 nitrogen and oxygen atoms in total. The Morgan fingerprint density at radius 2 is 2.31 bits per heavy atom. The maximum atomic E-state index is 8.88. The summed E-state index contributed by atoms with van der Waals surface area (Å²) in [6.07, 6.45) is 4.38. The average Bonchev–Trinajstić information content (AvgIpc) is 2.46. The van der Waals surface area contributed by atoms with E-state index < -0.39 is 0 Å². The third-order valence-corrected chi connectivity index (χ3v) is 2.74. The van der Waals surface area contributed by atoms with E-state index in [0.717, 1.165) is 24.5 Å². The van der Waals surface area contributed by atoms with Gasteiger partial charge in [0.05, 0.1) is 5.69 Å². The lowest BCUT2D eigenvalue weighted by Crippen LogP contribution is -2.12. The Hall–Kier alpha value is -0.830. The Labute approximate surface area is 78.4 Å². The summed E-state index contributed by atoms with van der Waals surface area (Å²) in [4.78, 5) is 4.48. The van der Waals surface area contributed by atoms with E-state index in [9.17, 15) is 0 Å². The molecule has 1 aromatic rings. The van der Waals surface area contributed by atoms with Crippen molar-refractivity contribution in [3.8, 4) is 0 Å². The smallest absolute Gasteiger partial charge is 0.106 e. The van der Waals surface area contributed by atoms with Gasteiger partial charge in [-0.3, -0.25) is 0 Å². The van der Waals surface area contributed by atoms with Crippen LogP contribution in [0.4, 0.5) is 0 Å². The summed E-state index contributed by atoms with van der Waals surface area (Å²) in [5.74, 6) is 1.11. The zero-order chi connectivity index (χ0) is 9.26. The number of rotatable bonds is 2. The summed E-state index contributed by atoms with van der Waals surface area (Å²) in [5, 5.41) is 8.88. The summed E-state index contributed by atoms with van der Waals surface area (Å²) in [7, 11) is 0. The minimum absolute atomic E-state index is 0.212. The first-order chi connectivity index (χ1) is 6.33. The summed E-state index contributed by atoms with van der Waals surface area (Å²) in [5.41, 5.74) is 2.47. The van der Waals surface area contributed by atoms with Crippen LogP contribution >= 0.6 is 0 Å². The molecule has 1 aliphatic rings. The Kier molecular flexibility index (Phi) is 2.36. The van der Waals surface area contributed by atoms with Crippen molar-refractivity contribution in [2.75, 3.05) is 6.61 Å². The first kappa shape index (κ1) is 8.75. The molecule has 0 saturated carbocycles. The molecule has 0 atom stereocenters. The minimum atomic E-state index is 0.212. The van der Waals surface area contributed by atoms with Crippen molar-refractivity contribution in [2.24, 2.45) is 0 Å². The third-order valence-electron chi connectivity index (χ3n) is 2.74. The molecule has 0 bridgehead atoms. The first-order valence-electron chi connectivity index (χ1n) is 4.98. The Balaban J connectivity index is 2.36. The van der Waals surface area contributed by atoms with Gasteiger partial charge in [-0.05, 0) is 26.2 Å².